The maximum Gasteiger partial charge on any atom is 0.279 e. The van der Waals surface area contributed by atoms with Crippen LogP contribution in [0.15, 0.2) is 35.1 Å². The minimum absolute atomic E-state index is 0.213. The first-order valence-electron chi connectivity index (χ1n) is 9.70. The van der Waals surface area contributed by atoms with Crippen LogP contribution in [-0.4, -0.2) is 44.1 Å². The number of hydrogen-bond acceptors (Lipinski definition) is 9. The summed E-state index contributed by atoms with van der Waals surface area (Å²) in [7, 11) is 0. The molecule has 10 heteroatoms. The SMILES string of the molecule is Cc1nnc(-c2ccc3cnc(NC(=O)c4coc(C5CCNCC5)n4)nc3c2)s1. The van der Waals surface area contributed by atoms with Gasteiger partial charge in [0.2, 0.25) is 5.95 Å². The van der Waals surface area contributed by atoms with Gasteiger partial charge < -0.3 is 9.73 Å². The zero-order chi connectivity index (χ0) is 20.5. The number of carbonyl (C=O) groups excluding carboxylic acids is 1. The fraction of sp³-hybridized carbons (Fsp3) is 0.300. The number of nitrogens with one attached hydrogen (secondary N) is 2. The number of nitrogens with zero attached hydrogens (tertiary/aromatic N) is 5. The van der Waals surface area contributed by atoms with Gasteiger partial charge in [0, 0.05) is 23.1 Å². The molecule has 3 aromatic heterocycles. The average Bonchev–Trinajstić information content (AvgIpc) is 3.43. The standard InChI is InChI=1S/C20H19N7O2S/c1-11-26-27-19(30-11)13-2-3-14-9-22-20(24-15(14)8-13)25-17(28)16-10-29-18(23-16)12-4-6-21-7-5-12/h2-3,8-10,12,21H,4-7H2,1H3,(H,22,24,25,28). The molecule has 4 heterocycles. The molecule has 2 N–H and O–H groups in total. The van der Waals surface area contributed by atoms with Gasteiger partial charge in [-0.3, -0.25) is 10.1 Å². The van der Waals surface area contributed by atoms with E-state index in [9.17, 15) is 4.79 Å². The monoisotopic (exact) mass is 421 g/mol. The Balaban J connectivity index is 1.35. The maximum atomic E-state index is 12.6. The van der Waals surface area contributed by atoms with Crippen LogP contribution in [0.25, 0.3) is 21.5 Å². The average molecular weight is 421 g/mol. The molecule has 0 atom stereocenters. The zero-order valence-electron chi connectivity index (χ0n) is 16.3. The molecule has 1 aliphatic rings. The molecule has 9 nitrogen and oxygen atoms in total. The van der Waals surface area contributed by atoms with Crippen LogP contribution >= 0.6 is 11.3 Å². The van der Waals surface area contributed by atoms with E-state index in [0.29, 0.717) is 11.4 Å². The third-order valence-corrected chi connectivity index (χ3v) is 5.91. The molecule has 5 rings (SSSR count). The lowest BCUT2D eigenvalue weighted by atomic mass is 9.98. The van der Waals surface area contributed by atoms with E-state index in [-0.39, 0.29) is 17.6 Å². The van der Waals surface area contributed by atoms with E-state index in [1.54, 1.807) is 6.20 Å². The van der Waals surface area contributed by atoms with Crippen molar-refractivity contribution in [3.8, 4) is 10.6 Å². The molecule has 1 fully saturated rings. The van der Waals surface area contributed by atoms with E-state index in [1.807, 2.05) is 25.1 Å². The first-order chi connectivity index (χ1) is 14.7. The van der Waals surface area contributed by atoms with Gasteiger partial charge in [0.1, 0.15) is 16.3 Å². The van der Waals surface area contributed by atoms with Gasteiger partial charge in [0.15, 0.2) is 11.6 Å². The number of carbonyl (C=O) groups is 1. The lowest BCUT2D eigenvalue weighted by Crippen LogP contribution is -2.26. The molecule has 1 aromatic carbocycles. The number of rotatable bonds is 4. The number of aryl methyl sites for hydroxylation is 1. The second kappa shape index (κ2) is 7.88. The number of aromatic nitrogens is 5. The Morgan fingerprint density at radius 3 is 2.90 bits per heavy atom. The van der Waals surface area contributed by atoms with Crippen molar-refractivity contribution in [1.82, 2.24) is 30.5 Å². The Morgan fingerprint density at radius 1 is 1.23 bits per heavy atom. The molecule has 0 bridgehead atoms. The third-order valence-electron chi connectivity index (χ3n) is 5.02. The summed E-state index contributed by atoms with van der Waals surface area (Å²) < 4.78 is 5.55. The van der Waals surface area contributed by atoms with E-state index >= 15 is 0 Å². The first-order valence-corrected chi connectivity index (χ1v) is 10.5. The number of anilines is 1. The predicted octanol–water partition coefficient (Wildman–Crippen LogP) is 3.16. The molecule has 0 unspecified atom stereocenters. The van der Waals surface area contributed by atoms with Crippen molar-refractivity contribution in [1.29, 1.82) is 0 Å². The zero-order valence-corrected chi connectivity index (χ0v) is 17.1. The highest BCUT2D eigenvalue weighted by molar-refractivity contribution is 7.14. The van der Waals surface area contributed by atoms with E-state index in [4.69, 9.17) is 4.42 Å². The smallest absolute Gasteiger partial charge is 0.279 e. The fourth-order valence-corrected chi connectivity index (χ4v) is 4.13. The van der Waals surface area contributed by atoms with Crippen LogP contribution in [0, 0.1) is 6.92 Å². The lowest BCUT2D eigenvalue weighted by Gasteiger charge is -2.19. The van der Waals surface area contributed by atoms with Gasteiger partial charge in [0.25, 0.3) is 5.91 Å². The predicted molar refractivity (Wildman–Crippen MR) is 112 cm³/mol. The molecule has 4 aromatic rings. The van der Waals surface area contributed by atoms with Crippen molar-refractivity contribution in [2.24, 2.45) is 0 Å². The van der Waals surface area contributed by atoms with Gasteiger partial charge in [0.05, 0.1) is 5.52 Å². The molecule has 0 aliphatic carbocycles. The topological polar surface area (TPSA) is 119 Å². The molecular weight excluding hydrogens is 402 g/mol. The Kier molecular flexibility index (Phi) is 4.93. The Hall–Kier alpha value is -3.24. The number of amides is 1. The number of oxazole rings is 1. The van der Waals surface area contributed by atoms with Crippen LogP contribution in [-0.2, 0) is 0 Å². The number of piperidine rings is 1. The summed E-state index contributed by atoms with van der Waals surface area (Å²) in [5.41, 5.74) is 1.86. The molecule has 0 saturated carbocycles. The number of hydrogen-bond donors (Lipinski definition) is 2. The minimum atomic E-state index is -0.394. The molecule has 1 saturated heterocycles. The minimum Gasteiger partial charge on any atom is -0.448 e. The van der Waals surface area contributed by atoms with Gasteiger partial charge in [-0.05, 0) is 38.9 Å². The maximum absolute atomic E-state index is 12.6. The van der Waals surface area contributed by atoms with Crippen LogP contribution in [0.5, 0.6) is 0 Å². The van der Waals surface area contributed by atoms with Gasteiger partial charge in [-0.15, -0.1) is 10.2 Å². The Labute approximate surface area is 176 Å². The largest absolute Gasteiger partial charge is 0.448 e. The summed E-state index contributed by atoms with van der Waals surface area (Å²) in [6.07, 6.45) is 4.97. The molecule has 1 amide bonds. The van der Waals surface area contributed by atoms with Crippen LogP contribution in [0.3, 0.4) is 0 Å². The summed E-state index contributed by atoms with van der Waals surface area (Å²) in [5.74, 6) is 0.670. The highest BCUT2D eigenvalue weighted by Crippen LogP contribution is 2.27. The van der Waals surface area contributed by atoms with Crippen LogP contribution in [0.4, 0.5) is 5.95 Å². The summed E-state index contributed by atoms with van der Waals surface area (Å²) in [6, 6.07) is 5.80. The van der Waals surface area contributed by atoms with Crippen molar-refractivity contribution in [2.45, 2.75) is 25.7 Å². The highest BCUT2D eigenvalue weighted by atomic mass is 32.1. The van der Waals surface area contributed by atoms with Crippen LogP contribution < -0.4 is 10.6 Å². The van der Waals surface area contributed by atoms with Gasteiger partial charge >= 0.3 is 0 Å². The Morgan fingerprint density at radius 2 is 2.10 bits per heavy atom. The quantitative estimate of drug-likeness (QED) is 0.516. The van der Waals surface area contributed by atoms with Gasteiger partial charge in [-0.2, -0.15) is 0 Å². The Bertz CT molecular complexity index is 1210. The van der Waals surface area contributed by atoms with Crippen molar-refractivity contribution >= 4 is 34.1 Å². The van der Waals surface area contributed by atoms with Crippen molar-refractivity contribution < 1.29 is 9.21 Å². The summed E-state index contributed by atoms with van der Waals surface area (Å²) in [6.45, 7) is 3.77. The van der Waals surface area contributed by atoms with E-state index < -0.39 is 5.91 Å². The summed E-state index contributed by atoms with van der Waals surface area (Å²) in [5, 5.41) is 16.8. The molecular formula is C20H19N7O2S. The summed E-state index contributed by atoms with van der Waals surface area (Å²) >= 11 is 1.52. The van der Waals surface area contributed by atoms with Crippen LogP contribution in [0.2, 0.25) is 0 Å². The molecule has 1 aliphatic heterocycles. The van der Waals surface area contributed by atoms with Gasteiger partial charge in [-0.25, -0.2) is 15.0 Å². The van der Waals surface area contributed by atoms with E-state index in [1.165, 1.54) is 17.6 Å². The summed E-state index contributed by atoms with van der Waals surface area (Å²) in [4.78, 5) is 25.7. The van der Waals surface area contributed by atoms with Crippen LogP contribution in [0.1, 0.15) is 40.1 Å². The normalized spacial score (nSPS) is 14.8. The lowest BCUT2D eigenvalue weighted by molar-refractivity contribution is 0.102. The molecule has 152 valence electrons. The molecule has 0 radical (unpaired) electrons. The molecule has 0 spiro atoms. The second-order valence-corrected chi connectivity index (χ2v) is 8.32. The highest BCUT2D eigenvalue weighted by Gasteiger charge is 2.22. The number of fused-ring (bicyclic) bond motifs is 1. The van der Waals surface area contributed by atoms with E-state index in [2.05, 4.69) is 35.8 Å². The second-order valence-electron chi connectivity index (χ2n) is 7.14. The van der Waals surface area contributed by atoms with Gasteiger partial charge in [-0.1, -0.05) is 23.5 Å². The molecule has 30 heavy (non-hydrogen) atoms. The fourth-order valence-electron chi connectivity index (χ4n) is 3.44. The van der Waals surface area contributed by atoms with Crippen molar-refractivity contribution in [3.05, 3.63) is 47.3 Å². The van der Waals surface area contributed by atoms with Crippen molar-refractivity contribution in [3.63, 3.8) is 0 Å². The van der Waals surface area contributed by atoms with E-state index in [0.717, 1.165) is 46.9 Å². The number of benzene rings is 1. The third kappa shape index (κ3) is 3.79. The van der Waals surface area contributed by atoms with Crippen molar-refractivity contribution in [2.75, 3.05) is 18.4 Å². The first kappa shape index (κ1) is 18.8.